The van der Waals surface area contributed by atoms with Crippen molar-refractivity contribution in [2.45, 2.75) is 89.9 Å². The third-order valence-electron chi connectivity index (χ3n) is 18.1. The van der Waals surface area contributed by atoms with Gasteiger partial charge in [0.15, 0.2) is 0 Å². The van der Waals surface area contributed by atoms with E-state index >= 15 is 0 Å². The molecule has 2 aliphatic rings. The van der Waals surface area contributed by atoms with E-state index < -0.39 is 0 Å². The predicted molar refractivity (Wildman–Crippen MR) is 342 cm³/mol. The summed E-state index contributed by atoms with van der Waals surface area (Å²) >= 11 is 0. The van der Waals surface area contributed by atoms with Gasteiger partial charge in [-0.3, -0.25) is 0 Å². The van der Waals surface area contributed by atoms with Crippen LogP contribution in [-0.2, 0) is 0 Å². The average Bonchev–Trinajstić information content (AvgIpc) is 3.68. The Morgan fingerprint density at radius 2 is 0.588 bits per heavy atom. The van der Waals surface area contributed by atoms with E-state index in [1.54, 1.807) is 0 Å². The van der Waals surface area contributed by atoms with Crippen molar-refractivity contribution in [2.75, 3.05) is 9.80 Å². The molecule has 0 atom stereocenters. The molecule has 2 fully saturated rings. The molecule has 12 aromatic carbocycles. The van der Waals surface area contributed by atoms with E-state index in [1.807, 2.05) is 0 Å². The minimum Gasteiger partial charge on any atom is -0.310 e. The van der Waals surface area contributed by atoms with Gasteiger partial charge >= 0.3 is 0 Å². The van der Waals surface area contributed by atoms with Gasteiger partial charge in [-0.2, -0.15) is 0 Å². The Morgan fingerprint density at radius 3 is 0.938 bits per heavy atom. The fourth-order valence-corrected chi connectivity index (χ4v) is 14.1. The van der Waals surface area contributed by atoms with Crippen molar-refractivity contribution in [2.24, 2.45) is 0 Å². The van der Waals surface area contributed by atoms with Gasteiger partial charge in [0.2, 0.25) is 0 Å². The predicted octanol–water partition coefficient (Wildman–Crippen LogP) is 22.9. The summed E-state index contributed by atoms with van der Waals surface area (Å²) in [6.45, 7) is 4.69. The van der Waals surface area contributed by atoms with E-state index in [2.05, 4.69) is 266 Å². The van der Waals surface area contributed by atoms with E-state index in [-0.39, 0.29) is 0 Å². The van der Waals surface area contributed by atoms with Gasteiger partial charge in [0.25, 0.3) is 0 Å². The highest BCUT2D eigenvalue weighted by molar-refractivity contribution is 6.29. The number of benzene rings is 12. The SMILES string of the molecule is Cc1c(-c2ccccc2)cc(-c2ccccc2)cc1N(c1ccccc1)c1cc(C2CCCCC2)c2ccc3c(N(c4ccccc4)c4cc(-c5ccccc5)cc(-c5ccccc5)c4C)cc(C4CCCCC4)c4ccc1c2c43. The highest BCUT2D eigenvalue weighted by Gasteiger charge is 2.31. The fourth-order valence-electron chi connectivity index (χ4n) is 14.1. The average molecular weight is 1030 g/mol. The molecule has 0 saturated heterocycles. The van der Waals surface area contributed by atoms with Crippen LogP contribution in [0.25, 0.3) is 76.8 Å². The first-order valence-corrected chi connectivity index (χ1v) is 29.6. The molecular formula is C78H68N2. The van der Waals surface area contributed by atoms with E-state index in [4.69, 9.17) is 0 Å². The first-order valence-electron chi connectivity index (χ1n) is 29.6. The monoisotopic (exact) mass is 1030 g/mol. The first kappa shape index (κ1) is 49.6. The summed E-state index contributed by atoms with van der Waals surface area (Å²) in [7, 11) is 0. The molecule has 2 saturated carbocycles. The number of hydrogen-bond acceptors (Lipinski definition) is 2. The van der Waals surface area contributed by atoms with Crippen LogP contribution >= 0.6 is 0 Å². The molecule has 2 heteroatoms. The van der Waals surface area contributed by atoms with Gasteiger partial charge in [0, 0.05) is 22.1 Å². The Labute approximate surface area is 473 Å². The van der Waals surface area contributed by atoms with Crippen molar-refractivity contribution in [3.05, 3.63) is 265 Å². The van der Waals surface area contributed by atoms with Crippen molar-refractivity contribution in [3.8, 4) is 44.5 Å². The summed E-state index contributed by atoms with van der Waals surface area (Å²) in [6.07, 6.45) is 12.5. The minimum absolute atomic E-state index is 0.458. The second-order valence-electron chi connectivity index (χ2n) is 22.9. The van der Waals surface area contributed by atoms with Gasteiger partial charge in [-0.25, -0.2) is 0 Å². The summed E-state index contributed by atoms with van der Waals surface area (Å²) < 4.78 is 0. The van der Waals surface area contributed by atoms with Crippen molar-refractivity contribution in [1.29, 1.82) is 0 Å². The lowest BCUT2D eigenvalue weighted by atomic mass is 9.77. The van der Waals surface area contributed by atoms with Gasteiger partial charge in [-0.15, -0.1) is 0 Å². The highest BCUT2D eigenvalue weighted by atomic mass is 15.2. The molecule has 2 aliphatic carbocycles. The maximum atomic E-state index is 2.64. The van der Waals surface area contributed by atoms with Gasteiger partial charge in [-0.1, -0.05) is 221 Å². The zero-order chi connectivity index (χ0) is 53.5. The first-order chi connectivity index (χ1) is 39.6. The third-order valence-corrected chi connectivity index (χ3v) is 18.1. The standard InChI is InChI=1S/C78H68N2/c1-53-69(57-31-15-5-16-32-57)47-61(55-27-11-3-12-28-55)49-73(53)79(63-39-23-9-24-40-63)75-51-71(59-35-19-7-20-36-59)65-44-46-68-76(52-72(60-37-21-8-22-38-60)66-43-45-67(75)77(65)78(66)68)80(64-41-25-10-26-42-64)74-50-62(56-29-13-4-14-30-56)48-70(54(74)2)58-33-17-6-18-34-58/h3-6,9-18,23-34,39-52,59-60H,7-8,19-22,35-38H2,1-2H3. The lowest BCUT2D eigenvalue weighted by Crippen LogP contribution is -2.16. The van der Waals surface area contributed by atoms with E-state index in [0.717, 1.165) is 11.4 Å². The van der Waals surface area contributed by atoms with Crippen LogP contribution in [0.2, 0.25) is 0 Å². The maximum Gasteiger partial charge on any atom is 0.0543 e. The van der Waals surface area contributed by atoms with Gasteiger partial charge in [0.05, 0.1) is 22.7 Å². The van der Waals surface area contributed by atoms with Crippen molar-refractivity contribution >= 4 is 66.4 Å². The lowest BCUT2D eigenvalue weighted by molar-refractivity contribution is 0.445. The lowest BCUT2D eigenvalue weighted by Gasteiger charge is -2.34. The molecule has 0 aliphatic heterocycles. The minimum atomic E-state index is 0.458. The quantitative estimate of drug-likeness (QED) is 0.113. The molecule has 14 rings (SSSR count). The summed E-state index contributed by atoms with van der Waals surface area (Å²) in [5.41, 5.74) is 22.5. The molecule has 0 unspecified atom stereocenters. The molecule has 0 aromatic heterocycles. The maximum absolute atomic E-state index is 2.64. The Bertz CT molecular complexity index is 3850. The molecule has 2 nitrogen and oxygen atoms in total. The van der Waals surface area contributed by atoms with Crippen molar-refractivity contribution < 1.29 is 0 Å². The van der Waals surface area contributed by atoms with Crippen LogP contribution in [-0.4, -0.2) is 0 Å². The van der Waals surface area contributed by atoms with Crippen LogP contribution in [0.15, 0.2) is 243 Å². The van der Waals surface area contributed by atoms with Gasteiger partial charge in [-0.05, 0) is 200 Å². The third kappa shape index (κ3) is 9.02. The zero-order valence-electron chi connectivity index (χ0n) is 46.2. The summed E-state index contributed by atoms with van der Waals surface area (Å²) in [6, 6.07) is 91.6. The number of para-hydroxylation sites is 2. The van der Waals surface area contributed by atoms with E-state index in [1.165, 1.54) is 186 Å². The second kappa shape index (κ2) is 21.5. The molecular weight excluding hydrogens is 965 g/mol. The van der Waals surface area contributed by atoms with Crippen LogP contribution < -0.4 is 9.80 Å². The molecule has 0 bridgehead atoms. The zero-order valence-corrected chi connectivity index (χ0v) is 46.2. The summed E-state index contributed by atoms with van der Waals surface area (Å²) in [5.74, 6) is 0.915. The normalized spacial score (nSPS) is 14.3. The summed E-state index contributed by atoms with van der Waals surface area (Å²) in [5, 5.41) is 8.19. The van der Waals surface area contributed by atoms with Crippen molar-refractivity contribution in [1.82, 2.24) is 0 Å². The topological polar surface area (TPSA) is 6.48 Å². The second-order valence-corrected chi connectivity index (χ2v) is 22.9. The number of nitrogens with zero attached hydrogens (tertiary/aromatic N) is 2. The molecule has 0 heterocycles. The van der Waals surface area contributed by atoms with Crippen LogP contribution in [0.4, 0.5) is 34.1 Å². The summed E-state index contributed by atoms with van der Waals surface area (Å²) in [4.78, 5) is 5.27. The van der Waals surface area contributed by atoms with Crippen LogP contribution in [0.1, 0.15) is 98.3 Å². The largest absolute Gasteiger partial charge is 0.310 e. The molecule has 0 spiro atoms. The number of rotatable bonds is 12. The smallest absolute Gasteiger partial charge is 0.0543 e. The van der Waals surface area contributed by atoms with E-state index in [0.29, 0.717) is 11.8 Å². The molecule has 80 heavy (non-hydrogen) atoms. The molecule has 0 radical (unpaired) electrons. The Balaban J connectivity index is 1.11. The van der Waals surface area contributed by atoms with E-state index in [9.17, 15) is 0 Å². The highest BCUT2D eigenvalue weighted by Crippen LogP contribution is 2.55. The van der Waals surface area contributed by atoms with Gasteiger partial charge in [0.1, 0.15) is 0 Å². The van der Waals surface area contributed by atoms with Crippen molar-refractivity contribution in [3.63, 3.8) is 0 Å². The molecule has 12 aromatic rings. The Hall–Kier alpha value is -8.72. The number of anilines is 6. The molecule has 390 valence electrons. The number of hydrogen-bond donors (Lipinski definition) is 0. The van der Waals surface area contributed by atoms with Crippen LogP contribution in [0, 0.1) is 13.8 Å². The Morgan fingerprint density at radius 1 is 0.275 bits per heavy atom. The molecule has 0 amide bonds. The molecule has 0 N–H and O–H groups in total. The Kier molecular flexibility index (Phi) is 13.3. The van der Waals surface area contributed by atoms with Gasteiger partial charge < -0.3 is 9.80 Å². The van der Waals surface area contributed by atoms with Crippen LogP contribution in [0.5, 0.6) is 0 Å². The van der Waals surface area contributed by atoms with Crippen LogP contribution in [0.3, 0.4) is 0 Å². The fraction of sp³-hybridized carbons (Fsp3) is 0.179.